The molecule has 0 aromatic heterocycles. The molecule has 1 atom stereocenters. The largest absolute Gasteiger partial charge is 0.497 e. The minimum absolute atomic E-state index is 0.239. The summed E-state index contributed by atoms with van der Waals surface area (Å²) in [6.45, 7) is 3.92. The van der Waals surface area contributed by atoms with Crippen LogP contribution in [0, 0.1) is 5.92 Å². The van der Waals surface area contributed by atoms with Crippen LogP contribution in [0.5, 0.6) is 5.75 Å². The van der Waals surface area contributed by atoms with E-state index >= 15 is 0 Å². The van der Waals surface area contributed by atoms with E-state index in [1.807, 2.05) is 13.8 Å². The van der Waals surface area contributed by atoms with Gasteiger partial charge in [-0.15, -0.1) is 0 Å². The van der Waals surface area contributed by atoms with Crippen molar-refractivity contribution in [2.24, 2.45) is 5.92 Å². The van der Waals surface area contributed by atoms with Crippen LogP contribution < -0.4 is 15.8 Å². The Bertz CT molecular complexity index is 514. The maximum atomic E-state index is 12.2. The number of nitrogens with two attached hydrogens (primary N) is 1. The van der Waals surface area contributed by atoms with Crippen LogP contribution >= 0.6 is 0 Å². The average molecular weight is 294 g/mol. The molecule has 116 valence electrons. The first-order chi connectivity index (χ1) is 9.88. The zero-order valence-corrected chi connectivity index (χ0v) is 12.8. The van der Waals surface area contributed by atoms with Gasteiger partial charge in [0.15, 0.2) is 0 Å². The lowest BCUT2D eigenvalue weighted by Gasteiger charge is -2.19. The molecule has 1 aromatic rings. The Morgan fingerprint density at radius 3 is 2.43 bits per heavy atom. The van der Waals surface area contributed by atoms with Crippen molar-refractivity contribution in [3.63, 3.8) is 0 Å². The molecule has 0 saturated carbocycles. The van der Waals surface area contributed by atoms with Crippen LogP contribution in [0.3, 0.4) is 0 Å². The van der Waals surface area contributed by atoms with E-state index in [-0.39, 0.29) is 5.92 Å². The van der Waals surface area contributed by atoms with E-state index in [1.54, 1.807) is 18.2 Å². The molecular formula is C15H22N2O4. The van der Waals surface area contributed by atoms with Gasteiger partial charge in [0, 0.05) is 11.8 Å². The maximum absolute atomic E-state index is 12.2. The monoisotopic (exact) mass is 294 g/mol. The van der Waals surface area contributed by atoms with Gasteiger partial charge in [0.1, 0.15) is 11.8 Å². The first kappa shape index (κ1) is 16.8. The quantitative estimate of drug-likeness (QED) is 0.614. The third-order valence-electron chi connectivity index (χ3n) is 3.00. The van der Waals surface area contributed by atoms with Gasteiger partial charge in [-0.1, -0.05) is 13.8 Å². The molecule has 6 heteroatoms. The number of esters is 1. The van der Waals surface area contributed by atoms with Gasteiger partial charge in [-0.05, 0) is 24.5 Å². The summed E-state index contributed by atoms with van der Waals surface area (Å²) in [5, 5.41) is 2.66. The normalized spacial score (nSPS) is 11.9. The van der Waals surface area contributed by atoms with Gasteiger partial charge >= 0.3 is 5.97 Å². The van der Waals surface area contributed by atoms with E-state index in [4.69, 9.17) is 15.2 Å². The number of methoxy groups -OCH3 is 2. The van der Waals surface area contributed by atoms with Crippen LogP contribution in [-0.2, 0) is 9.53 Å². The highest BCUT2D eigenvalue weighted by atomic mass is 16.5. The molecule has 0 aliphatic heterocycles. The van der Waals surface area contributed by atoms with Crippen molar-refractivity contribution < 1.29 is 19.1 Å². The molecule has 1 amide bonds. The lowest BCUT2D eigenvalue weighted by Crippen LogP contribution is -2.42. The first-order valence-electron chi connectivity index (χ1n) is 6.71. The fourth-order valence-corrected chi connectivity index (χ4v) is 1.94. The zero-order chi connectivity index (χ0) is 16.0. The highest BCUT2D eigenvalue weighted by Gasteiger charge is 2.24. The molecule has 0 spiro atoms. The third kappa shape index (κ3) is 4.66. The van der Waals surface area contributed by atoms with Crippen LogP contribution in [0.2, 0.25) is 0 Å². The second-order valence-corrected chi connectivity index (χ2v) is 5.13. The smallest absolute Gasteiger partial charge is 0.328 e. The van der Waals surface area contributed by atoms with E-state index in [2.05, 4.69) is 5.32 Å². The van der Waals surface area contributed by atoms with E-state index < -0.39 is 17.9 Å². The Kier molecular flexibility index (Phi) is 6.02. The number of carbonyl (C=O) groups is 2. The molecule has 21 heavy (non-hydrogen) atoms. The molecule has 0 aliphatic carbocycles. The van der Waals surface area contributed by atoms with Crippen molar-refractivity contribution in [3.8, 4) is 5.75 Å². The molecule has 1 rings (SSSR count). The summed E-state index contributed by atoms with van der Waals surface area (Å²) >= 11 is 0. The minimum atomic E-state index is -0.691. The average Bonchev–Trinajstić information content (AvgIpc) is 2.44. The van der Waals surface area contributed by atoms with Crippen molar-refractivity contribution in [2.75, 3.05) is 20.0 Å². The van der Waals surface area contributed by atoms with Gasteiger partial charge in [0.2, 0.25) is 0 Å². The summed E-state index contributed by atoms with van der Waals surface area (Å²) in [5.74, 6) is -0.0753. The minimum Gasteiger partial charge on any atom is -0.497 e. The second kappa shape index (κ2) is 7.52. The predicted molar refractivity (Wildman–Crippen MR) is 80.1 cm³/mol. The van der Waals surface area contributed by atoms with Crippen molar-refractivity contribution in [1.29, 1.82) is 0 Å². The standard InChI is InChI=1S/C15H22N2O4/c1-9(2)7-13(15(19)21-4)17-14(18)11-6-5-10(20-3)8-12(11)16/h5-6,8-9,13H,7,16H2,1-4H3,(H,17,18). The first-order valence-corrected chi connectivity index (χ1v) is 6.71. The topological polar surface area (TPSA) is 90.6 Å². The maximum Gasteiger partial charge on any atom is 0.328 e. The van der Waals surface area contributed by atoms with Gasteiger partial charge in [-0.25, -0.2) is 4.79 Å². The van der Waals surface area contributed by atoms with Crippen LogP contribution in [0.15, 0.2) is 18.2 Å². The lowest BCUT2D eigenvalue weighted by molar-refractivity contribution is -0.143. The number of anilines is 1. The fraction of sp³-hybridized carbons (Fsp3) is 0.467. The summed E-state index contributed by atoms with van der Waals surface area (Å²) in [7, 11) is 2.81. The molecule has 0 bridgehead atoms. The highest BCUT2D eigenvalue weighted by Crippen LogP contribution is 2.20. The van der Waals surface area contributed by atoms with Crippen molar-refractivity contribution in [2.45, 2.75) is 26.3 Å². The van der Waals surface area contributed by atoms with Gasteiger partial charge in [-0.2, -0.15) is 0 Å². The molecule has 1 aromatic carbocycles. The summed E-state index contributed by atoms with van der Waals surface area (Å²) in [6.07, 6.45) is 0.495. The number of ether oxygens (including phenoxy) is 2. The fourth-order valence-electron chi connectivity index (χ4n) is 1.94. The number of hydrogen-bond acceptors (Lipinski definition) is 5. The van der Waals surface area contributed by atoms with Crippen molar-refractivity contribution in [3.05, 3.63) is 23.8 Å². The number of rotatable bonds is 6. The molecule has 0 radical (unpaired) electrons. The summed E-state index contributed by atoms with van der Waals surface area (Å²) in [6, 6.07) is 4.07. The number of benzene rings is 1. The van der Waals surface area contributed by atoms with E-state index in [9.17, 15) is 9.59 Å². The molecule has 0 heterocycles. The van der Waals surface area contributed by atoms with Crippen molar-refractivity contribution in [1.82, 2.24) is 5.32 Å². The Morgan fingerprint density at radius 1 is 1.29 bits per heavy atom. The van der Waals surface area contributed by atoms with Crippen LogP contribution in [0.25, 0.3) is 0 Å². The number of hydrogen-bond donors (Lipinski definition) is 2. The molecule has 0 fully saturated rings. The van der Waals surface area contributed by atoms with Gasteiger partial charge in [0.25, 0.3) is 5.91 Å². The van der Waals surface area contributed by atoms with Gasteiger partial charge < -0.3 is 20.5 Å². The molecule has 0 aliphatic rings. The number of amides is 1. The van der Waals surface area contributed by atoms with Gasteiger partial charge in [-0.3, -0.25) is 4.79 Å². The van der Waals surface area contributed by atoms with Gasteiger partial charge in [0.05, 0.1) is 19.8 Å². The molecular weight excluding hydrogens is 272 g/mol. The van der Waals surface area contributed by atoms with Crippen LogP contribution in [0.1, 0.15) is 30.6 Å². The molecule has 1 unspecified atom stereocenters. The predicted octanol–water partition coefficient (Wildman–Crippen LogP) is 1.59. The zero-order valence-electron chi connectivity index (χ0n) is 12.8. The molecule has 3 N–H and O–H groups in total. The summed E-state index contributed by atoms with van der Waals surface area (Å²) < 4.78 is 9.75. The summed E-state index contributed by atoms with van der Waals surface area (Å²) in [5.41, 5.74) is 6.42. The molecule has 0 saturated heterocycles. The van der Waals surface area contributed by atoms with Crippen molar-refractivity contribution >= 4 is 17.6 Å². The Hall–Kier alpha value is -2.24. The summed E-state index contributed by atoms with van der Waals surface area (Å²) in [4.78, 5) is 23.9. The lowest BCUT2D eigenvalue weighted by atomic mass is 10.0. The third-order valence-corrected chi connectivity index (χ3v) is 3.00. The second-order valence-electron chi connectivity index (χ2n) is 5.13. The Labute approximate surface area is 124 Å². The Balaban J connectivity index is 2.88. The van der Waals surface area contributed by atoms with E-state index in [0.717, 1.165) is 0 Å². The van der Waals surface area contributed by atoms with E-state index in [1.165, 1.54) is 14.2 Å². The number of nitrogens with one attached hydrogen (secondary N) is 1. The van der Waals surface area contributed by atoms with Crippen LogP contribution in [0.4, 0.5) is 5.69 Å². The number of carbonyl (C=O) groups excluding carboxylic acids is 2. The Morgan fingerprint density at radius 2 is 1.95 bits per heavy atom. The SMILES string of the molecule is COC(=O)C(CC(C)C)NC(=O)c1ccc(OC)cc1N. The highest BCUT2D eigenvalue weighted by molar-refractivity contribution is 6.01. The molecule has 6 nitrogen and oxygen atoms in total. The van der Waals surface area contributed by atoms with E-state index in [0.29, 0.717) is 23.4 Å². The van der Waals surface area contributed by atoms with Crippen LogP contribution in [-0.4, -0.2) is 32.1 Å². The number of nitrogen functional groups attached to an aromatic ring is 1.